The van der Waals surface area contributed by atoms with Crippen molar-refractivity contribution in [2.45, 2.75) is 19.0 Å². The Balaban J connectivity index is 1.63. The second kappa shape index (κ2) is 7.36. The SMILES string of the molecule is O=C(C[C@@H]1NC(=O)c2ccccc2NC1=O)NCc1ccccc1Cl. The molecule has 0 aromatic heterocycles. The molecule has 1 heterocycles. The summed E-state index contributed by atoms with van der Waals surface area (Å²) in [5.74, 6) is -1.17. The highest BCUT2D eigenvalue weighted by Gasteiger charge is 2.29. The number of hydrogen-bond acceptors (Lipinski definition) is 3. The summed E-state index contributed by atoms with van der Waals surface area (Å²) in [6.45, 7) is 0.251. The van der Waals surface area contributed by atoms with E-state index in [-0.39, 0.29) is 18.9 Å². The van der Waals surface area contributed by atoms with Crippen molar-refractivity contribution in [2.75, 3.05) is 5.32 Å². The standard InChI is InChI=1S/C18H16ClN3O3/c19-13-7-3-1-5-11(13)10-20-16(23)9-15-18(25)21-14-8-4-2-6-12(14)17(24)22-15/h1-8,15H,9-10H2,(H,20,23)(H,21,25)(H,22,24)/t15-/m0/s1. The first-order chi connectivity index (χ1) is 12.0. The summed E-state index contributed by atoms with van der Waals surface area (Å²) in [4.78, 5) is 36.6. The number of benzene rings is 2. The number of halogens is 1. The third kappa shape index (κ3) is 3.97. The summed E-state index contributed by atoms with van der Waals surface area (Å²) in [5.41, 5.74) is 1.58. The zero-order valence-electron chi connectivity index (χ0n) is 13.2. The van der Waals surface area contributed by atoms with Gasteiger partial charge in [0.25, 0.3) is 5.91 Å². The monoisotopic (exact) mass is 357 g/mol. The number of carbonyl (C=O) groups excluding carboxylic acids is 3. The topological polar surface area (TPSA) is 87.3 Å². The van der Waals surface area contributed by atoms with E-state index in [0.717, 1.165) is 5.56 Å². The quantitative estimate of drug-likeness (QED) is 0.783. The molecule has 0 spiro atoms. The minimum Gasteiger partial charge on any atom is -0.352 e. The van der Waals surface area contributed by atoms with Crippen LogP contribution in [0.3, 0.4) is 0 Å². The van der Waals surface area contributed by atoms with Gasteiger partial charge in [-0.1, -0.05) is 41.9 Å². The van der Waals surface area contributed by atoms with E-state index in [0.29, 0.717) is 16.3 Å². The van der Waals surface area contributed by atoms with Crippen molar-refractivity contribution in [3.63, 3.8) is 0 Å². The number of nitrogens with one attached hydrogen (secondary N) is 3. The Kier molecular flexibility index (Phi) is 5.00. The van der Waals surface area contributed by atoms with Crippen molar-refractivity contribution >= 4 is 35.0 Å². The molecule has 0 bridgehead atoms. The number of amides is 3. The highest BCUT2D eigenvalue weighted by atomic mass is 35.5. The van der Waals surface area contributed by atoms with Crippen LogP contribution in [0.5, 0.6) is 0 Å². The van der Waals surface area contributed by atoms with Crippen molar-refractivity contribution in [3.8, 4) is 0 Å². The van der Waals surface area contributed by atoms with Gasteiger partial charge in [-0.05, 0) is 23.8 Å². The van der Waals surface area contributed by atoms with E-state index in [1.165, 1.54) is 0 Å². The molecule has 3 N–H and O–H groups in total. The van der Waals surface area contributed by atoms with Crippen LogP contribution in [0, 0.1) is 0 Å². The molecule has 7 heteroatoms. The molecule has 0 saturated heterocycles. The summed E-state index contributed by atoms with van der Waals surface area (Å²) in [6.07, 6.45) is -0.157. The number of fused-ring (bicyclic) bond motifs is 1. The van der Waals surface area contributed by atoms with Crippen molar-refractivity contribution in [1.82, 2.24) is 10.6 Å². The fourth-order valence-electron chi connectivity index (χ4n) is 2.55. The molecule has 0 saturated carbocycles. The maximum absolute atomic E-state index is 12.3. The molecule has 0 radical (unpaired) electrons. The van der Waals surface area contributed by atoms with Gasteiger partial charge in [-0.2, -0.15) is 0 Å². The summed E-state index contributed by atoms with van der Waals surface area (Å²) in [6, 6.07) is 12.9. The molecule has 25 heavy (non-hydrogen) atoms. The number of para-hydroxylation sites is 1. The average molecular weight is 358 g/mol. The van der Waals surface area contributed by atoms with Gasteiger partial charge in [0.1, 0.15) is 6.04 Å². The molecule has 1 aliphatic heterocycles. The molecule has 128 valence electrons. The second-order valence-electron chi connectivity index (χ2n) is 5.63. The molecule has 2 aromatic rings. The summed E-state index contributed by atoms with van der Waals surface area (Å²) < 4.78 is 0. The largest absolute Gasteiger partial charge is 0.352 e. The highest BCUT2D eigenvalue weighted by molar-refractivity contribution is 6.31. The van der Waals surface area contributed by atoms with E-state index >= 15 is 0 Å². The van der Waals surface area contributed by atoms with Crippen LogP contribution < -0.4 is 16.0 Å². The van der Waals surface area contributed by atoms with Crippen molar-refractivity contribution in [3.05, 3.63) is 64.7 Å². The van der Waals surface area contributed by atoms with Crippen LogP contribution in [0.15, 0.2) is 48.5 Å². The molecule has 1 aliphatic rings. The van der Waals surface area contributed by atoms with E-state index in [2.05, 4.69) is 16.0 Å². The van der Waals surface area contributed by atoms with Crippen LogP contribution >= 0.6 is 11.6 Å². The fraction of sp³-hybridized carbons (Fsp3) is 0.167. The third-order valence-corrected chi connectivity index (χ3v) is 4.24. The summed E-state index contributed by atoms with van der Waals surface area (Å²) in [5, 5.41) is 8.52. The molecule has 0 unspecified atom stereocenters. The first-order valence-electron chi connectivity index (χ1n) is 7.75. The Morgan fingerprint density at radius 3 is 2.60 bits per heavy atom. The van der Waals surface area contributed by atoms with Crippen LogP contribution in [0.4, 0.5) is 5.69 Å². The molecule has 3 rings (SSSR count). The normalized spacial score (nSPS) is 16.3. The van der Waals surface area contributed by atoms with Crippen LogP contribution in [0.1, 0.15) is 22.3 Å². The van der Waals surface area contributed by atoms with Gasteiger partial charge < -0.3 is 16.0 Å². The first kappa shape index (κ1) is 17.0. The molecule has 0 fully saturated rings. The maximum atomic E-state index is 12.3. The molecule has 3 amide bonds. The first-order valence-corrected chi connectivity index (χ1v) is 8.13. The predicted octanol–water partition coefficient (Wildman–Crippen LogP) is 2.10. The van der Waals surface area contributed by atoms with Gasteiger partial charge in [-0.25, -0.2) is 0 Å². The molecule has 1 atom stereocenters. The highest BCUT2D eigenvalue weighted by Crippen LogP contribution is 2.19. The van der Waals surface area contributed by atoms with E-state index in [4.69, 9.17) is 11.6 Å². The lowest BCUT2D eigenvalue weighted by molar-refractivity contribution is -0.125. The van der Waals surface area contributed by atoms with E-state index in [9.17, 15) is 14.4 Å². The molecule has 6 nitrogen and oxygen atoms in total. The van der Waals surface area contributed by atoms with Gasteiger partial charge >= 0.3 is 0 Å². The number of rotatable bonds is 4. The van der Waals surface area contributed by atoms with Crippen molar-refractivity contribution < 1.29 is 14.4 Å². The Labute approximate surface area is 149 Å². The van der Waals surface area contributed by atoms with Gasteiger partial charge in [-0.3, -0.25) is 14.4 Å². The number of hydrogen-bond donors (Lipinski definition) is 3. The van der Waals surface area contributed by atoms with E-state index < -0.39 is 17.9 Å². The van der Waals surface area contributed by atoms with E-state index in [1.54, 1.807) is 42.5 Å². The summed E-state index contributed by atoms with van der Waals surface area (Å²) >= 11 is 6.04. The molecule has 0 aliphatic carbocycles. The Morgan fingerprint density at radius 1 is 1.08 bits per heavy atom. The van der Waals surface area contributed by atoms with Crippen LogP contribution in [-0.2, 0) is 16.1 Å². The molecular weight excluding hydrogens is 342 g/mol. The van der Waals surface area contributed by atoms with Gasteiger partial charge in [0.15, 0.2) is 0 Å². The number of anilines is 1. The summed E-state index contributed by atoms with van der Waals surface area (Å²) in [7, 11) is 0. The van der Waals surface area contributed by atoms with Gasteiger partial charge in [0, 0.05) is 11.6 Å². The molecular formula is C18H16ClN3O3. The Hall–Kier alpha value is -2.86. The lowest BCUT2D eigenvalue weighted by Crippen LogP contribution is -2.44. The predicted molar refractivity (Wildman–Crippen MR) is 94.2 cm³/mol. The minimum atomic E-state index is -0.939. The Bertz CT molecular complexity index is 838. The average Bonchev–Trinajstić information content (AvgIpc) is 2.71. The van der Waals surface area contributed by atoms with Gasteiger partial charge in [0.05, 0.1) is 17.7 Å². The molecule has 2 aromatic carbocycles. The van der Waals surface area contributed by atoms with Gasteiger partial charge in [-0.15, -0.1) is 0 Å². The van der Waals surface area contributed by atoms with Crippen LogP contribution in [-0.4, -0.2) is 23.8 Å². The Morgan fingerprint density at radius 2 is 1.80 bits per heavy atom. The van der Waals surface area contributed by atoms with Crippen LogP contribution in [0.25, 0.3) is 0 Å². The maximum Gasteiger partial charge on any atom is 0.254 e. The second-order valence-corrected chi connectivity index (χ2v) is 6.04. The lowest BCUT2D eigenvalue weighted by atomic mass is 10.1. The number of carbonyl (C=O) groups is 3. The minimum absolute atomic E-state index is 0.157. The third-order valence-electron chi connectivity index (χ3n) is 3.87. The fourth-order valence-corrected chi connectivity index (χ4v) is 2.75. The smallest absolute Gasteiger partial charge is 0.254 e. The zero-order valence-corrected chi connectivity index (χ0v) is 14.0. The van der Waals surface area contributed by atoms with Gasteiger partial charge in [0.2, 0.25) is 11.8 Å². The van der Waals surface area contributed by atoms with E-state index in [1.807, 2.05) is 6.07 Å². The van der Waals surface area contributed by atoms with Crippen LogP contribution in [0.2, 0.25) is 5.02 Å². The van der Waals surface area contributed by atoms with Crippen molar-refractivity contribution in [1.29, 1.82) is 0 Å². The van der Waals surface area contributed by atoms with Crippen molar-refractivity contribution in [2.24, 2.45) is 0 Å². The lowest BCUT2D eigenvalue weighted by Gasteiger charge is -2.14. The zero-order chi connectivity index (χ0) is 17.8.